The van der Waals surface area contributed by atoms with Crippen LogP contribution in [0.25, 0.3) is 0 Å². The molecule has 0 spiro atoms. The maximum atomic E-state index is 13.8. The van der Waals surface area contributed by atoms with E-state index in [1.54, 1.807) is 10.7 Å². The average molecular weight is 411 g/mol. The summed E-state index contributed by atoms with van der Waals surface area (Å²) in [5.41, 5.74) is 1.70. The predicted octanol–water partition coefficient (Wildman–Crippen LogP) is 3.14. The normalized spacial score (nSPS) is 12.9. The zero-order valence-corrected chi connectivity index (χ0v) is 15.9. The Balaban J connectivity index is 1.39. The summed E-state index contributed by atoms with van der Waals surface area (Å²) in [6.45, 7) is 1.29. The zero-order chi connectivity index (χ0) is 21.1. The number of halogens is 2. The second-order valence-corrected chi connectivity index (χ2v) is 6.89. The van der Waals surface area contributed by atoms with Gasteiger partial charge in [0, 0.05) is 19.2 Å². The maximum absolute atomic E-state index is 13.8. The summed E-state index contributed by atoms with van der Waals surface area (Å²) in [5.74, 6) is -1.67. The number of hydrogen-bond donors (Lipinski definition) is 2. The summed E-state index contributed by atoms with van der Waals surface area (Å²) in [5, 5.41) is 9.50. The van der Waals surface area contributed by atoms with Crippen molar-refractivity contribution in [2.75, 3.05) is 11.9 Å². The van der Waals surface area contributed by atoms with Crippen LogP contribution in [-0.2, 0) is 19.6 Å². The highest BCUT2D eigenvalue weighted by atomic mass is 19.1. The molecule has 0 radical (unpaired) electrons. The molecule has 9 heteroatoms. The summed E-state index contributed by atoms with van der Waals surface area (Å²) < 4.78 is 28.7. The van der Waals surface area contributed by atoms with Crippen LogP contribution in [0.2, 0.25) is 0 Å². The zero-order valence-electron chi connectivity index (χ0n) is 15.9. The first-order valence-electron chi connectivity index (χ1n) is 9.39. The third-order valence-electron chi connectivity index (χ3n) is 4.78. The molecule has 1 aliphatic rings. The fourth-order valence-electron chi connectivity index (χ4n) is 3.21. The lowest BCUT2D eigenvalue weighted by Gasteiger charge is -2.27. The van der Waals surface area contributed by atoms with Crippen molar-refractivity contribution in [2.24, 2.45) is 0 Å². The van der Waals surface area contributed by atoms with Gasteiger partial charge in [0.15, 0.2) is 5.69 Å². The molecular weight excluding hydrogens is 392 g/mol. The molecule has 0 atom stereocenters. The second-order valence-electron chi connectivity index (χ2n) is 6.89. The van der Waals surface area contributed by atoms with E-state index in [0.29, 0.717) is 25.3 Å². The van der Waals surface area contributed by atoms with Gasteiger partial charge in [-0.05, 0) is 23.8 Å². The van der Waals surface area contributed by atoms with Crippen LogP contribution < -0.4 is 10.6 Å². The van der Waals surface area contributed by atoms with E-state index < -0.39 is 17.7 Å². The van der Waals surface area contributed by atoms with Crippen LogP contribution in [-0.4, -0.2) is 33.2 Å². The fourth-order valence-corrected chi connectivity index (χ4v) is 3.21. The average Bonchev–Trinajstić information content (AvgIpc) is 3.19. The minimum atomic E-state index is -0.718. The van der Waals surface area contributed by atoms with E-state index in [9.17, 15) is 18.4 Å². The van der Waals surface area contributed by atoms with Gasteiger partial charge in [0.25, 0.3) is 5.91 Å². The number of fused-ring (bicyclic) bond motifs is 1. The largest absolute Gasteiger partial charge is 0.347 e. The number of carbonyl (C=O) groups excluding carboxylic acids is 2. The van der Waals surface area contributed by atoms with Crippen LogP contribution >= 0.6 is 0 Å². The molecule has 0 saturated heterocycles. The monoisotopic (exact) mass is 411 g/mol. The van der Waals surface area contributed by atoms with Gasteiger partial charge in [0.1, 0.15) is 11.6 Å². The van der Waals surface area contributed by atoms with Crippen molar-refractivity contribution in [1.29, 1.82) is 0 Å². The Labute approximate surface area is 171 Å². The lowest BCUT2D eigenvalue weighted by Crippen LogP contribution is -2.41. The molecule has 0 bridgehead atoms. The standard InChI is InChI=1S/C21H19F2N5O2/c22-15-6-7-17(23)18(10-15)25-21(30)27-8-9-28-16(13-27)11-19(26-28)20(29)24-12-14-4-2-1-3-5-14/h1-7,10-11H,8-9,12-13H2,(H,24,29)(H,25,30). The molecule has 0 fully saturated rings. The molecule has 30 heavy (non-hydrogen) atoms. The summed E-state index contributed by atoms with van der Waals surface area (Å²) in [7, 11) is 0. The van der Waals surface area contributed by atoms with E-state index in [2.05, 4.69) is 15.7 Å². The predicted molar refractivity (Wildman–Crippen MR) is 106 cm³/mol. The number of nitrogens with zero attached hydrogens (tertiary/aromatic N) is 3. The van der Waals surface area contributed by atoms with Crippen molar-refractivity contribution in [3.63, 3.8) is 0 Å². The van der Waals surface area contributed by atoms with Gasteiger partial charge < -0.3 is 15.5 Å². The van der Waals surface area contributed by atoms with Gasteiger partial charge in [-0.15, -0.1) is 0 Å². The quantitative estimate of drug-likeness (QED) is 0.692. The Kier molecular flexibility index (Phi) is 5.42. The Morgan fingerprint density at radius 3 is 2.63 bits per heavy atom. The first kappa shape index (κ1) is 19.6. The molecule has 7 nitrogen and oxygen atoms in total. The number of rotatable bonds is 4. The molecule has 2 N–H and O–H groups in total. The van der Waals surface area contributed by atoms with Gasteiger partial charge in [0.05, 0.1) is 24.5 Å². The number of amides is 3. The minimum Gasteiger partial charge on any atom is -0.347 e. The van der Waals surface area contributed by atoms with Crippen molar-refractivity contribution >= 4 is 17.6 Å². The smallest absolute Gasteiger partial charge is 0.322 e. The minimum absolute atomic E-state index is 0.196. The second kappa shape index (κ2) is 8.32. The van der Waals surface area contributed by atoms with E-state index in [4.69, 9.17) is 0 Å². The van der Waals surface area contributed by atoms with Gasteiger partial charge in [-0.1, -0.05) is 30.3 Å². The highest BCUT2D eigenvalue weighted by Crippen LogP contribution is 2.18. The Bertz CT molecular complexity index is 1080. The Morgan fingerprint density at radius 1 is 1.03 bits per heavy atom. The van der Waals surface area contributed by atoms with Crippen molar-refractivity contribution in [3.05, 3.63) is 83.2 Å². The summed E-state index contributed by atoms with van der Waals surface area (Å²) in [6.07, 6.45) is 0. The SMILES string of the molecule is O=C(NCc1ccccc1)c1cc2n(n1)CCN(C(=O)Nc1cc(F)ccc1F)C2. The van der Waals surface area contributed by atoms with Crippen LogP contribution in [0.15, 0.2) is 54.6 Å². The van der Waals surface area contributed by atoms with Crippen molar-refractivity contribution in [3.8, 4) is 0 Å². The van der Waals surface area contributed by atoms with Crippen LogP contribution in [0.4, 0.5) is 19.3 Å². The topological polar surface area (TPSA) is 79.3 Å². The fraction of sp³-hybridized carbons (Fsp3) is 0.190. The third-order valence-corrected chi connectivity index (χ3v) is 4.78. The number of benzene rings is 2. The van der Waals surface area contributed by atoms with E-state index in [1.165, 1.54) is 4.90 Å². The van der Waals surface area contributed by atoms with Gasteiger partial charge in [-0.3, -0.25) is 9.48 Å². The molecule has 2 heterocycles. The first-order chi connectivity index (χ1) is 14.5. The van der Waals surface area contributed by atoms with Crippen LogP contribution in [0.1, 0.15) is 21.7 Å². The number of anilines is 1. The van der Waals surface area contributed by atoms with E-state index in [1.807, 2.05) is 30.3 Å². The highest BCUT2D eigenvalue weighted by molar-refractivity contribution is 5.92. The molecular formula is C21H19F2N5O2. The molecule has 2 aromatic carbocycles. The molecule has 3 amide bonds. The van der Waals surface area contributed by atoms with E-state index in [0.717, 1.165) is 23.8 Å². The lowest BCUT2D eigenvalue weighted by molar-refractivity contribution is 0.0944. The summed E-state index contributed by atoms with van der Waals surface area (Å²) in [6, 6.07) is 13.5. The third kappa shape index (κ3) is 4.29. The number of carbonyl (C=O) groups is 2. The lowest BCUT2D eigenvalue weighted by atomic mass is 10.2. The number of nitrogens with one attached hydrogen (secondary N) is 2. The molecule has 154 valence electrons. The molecule has 0 aliphatic carbocycles. The summed E-state index contributed by atoms with van der Waals surface area (Å²) in [4.78, 5) is 26.3. The Hall–Kier alpha value is -3.75. The van der Waals surface area contributed by atoms with E-state index in [-0.39, 0.29) is 23.8 Å². The van der Waals surface area contributed by atoms with Gasteiger partial charge in [-0.2, -0.15) is 5.10 Å². The molecule has 0 saturated carbocycles. The van der Waals surface area contributed by atoms with Crippen molar-refractivity contribution < 1.29 is 18.4 Å². The van der Waals surface area contributed by atoms with Crippen LogP contribution in [0, 0.1) is 11.6 Å². The van der Waals surface area contributed by atoms with Crippen molar-refractivity contribution in [1.82, 2.24) is 20.0 Å². The molecule has 1 aromatic heterocycles. The van der Waals surface area contributed by atoms with Gasteiger partial charge in [-0.25, -0.2) is 13.6 Å². The van der Waals surface area contributed by atoms with Crippen molar-refractivity contribution in [2.45, 2.75) is 19.6 Å². The number of hydrogen-bond acceptors (Lipinski definition) is 3. The van der Waals surface area contributed by atoms with Gasteiger partial charge in [0.2, 0.25) is 0 Å². The van der Waals surface area contributed by atoms with Crippen LogP contribution in [0.5, 0.6) is 0 Å². The van der Waals surface area contributed by atoms with Gasteiger partial charge >= 0.3 is 6.03 Å². The molecule has 0 unspecified atom stereocenters. The summed E-state index contributed by atoms with van der Waals surface area (Å²) >= 11 is 0. The first-order valence-corrected chi connectivity index (χ1v) is 9.39. The number of aromatic nitrogens is 2. The van der Waals surface area contributed by atoms with Crippen LogP contribution in [0.3, 0.4) is 0 Å². The van der Waals surface area contributed by atoms with E-state index >= 15 is 0 Å². The Morgan fingerprint density at radius 2 is 1.83 bits per heavy atom. The molecule has 4 rings (SSSR count). The molecule has 3 aromatic rings. The molecule has 1 aliphatic heterocycles. The number of urea groups is 1. The maximum Gasteiger partial charge on any atom is 0.322 e. The highest BCUT2D eigenvalue weighted by Gasteiger charge is 2.24.